The van der Waals surface area contributed by atoms with Crippen LogP contribution in [-0.4, -0.2) is 36.0 Å². The van der Waals surface area contributed by atoms with E-state index in [4.69, 9.17) is 5.21 Å². The Bertz CT molecular complexity index is 534. The molecule has 3 nitrogen and oxygen atoms in total. The van der Waals surface area contributed by atoms with Gasteiger partial charge >= 0.3 is 0 Å². The van der Waals surface area contributed by atoms with Crippen molar-refractivity contribution < 1.29 is 5.21 Å². The molecule has 3 aliphatic carbocycles. The van der Waals surface area contributed by atoms with Gasteiger partial charge in [0.1, 0.15) is 0 Å². The van der Waals surface area contributed by atoms with Crippen molar-refractivity contribution in [3.63, 3.8) is 0 Å². The molecule has 1 saturated heterocycles. The van der Waals surface area contributed by atoms with Gasteiger partial charge in [-0.05, 0) is 104 Å². The fraction of sp³-hybridized carbons (Fsp3) is 0.800. The molecule has 0 spiro atoms. The van der Waals surface area contributed by atoms with Crippen LogP contribution in [0, 0.1) is 5.92 Å². The Morgan fingerprint density at radius 1 is 0.763 bits per heavy atom. The first-order valence-electron chi connectivity index (χ1n) is 16.4. The SMILES string of the molecule is C=C1CCCCC1.CC.CC.CC.CC.CC1=CC=CCC1.CC1CCCC/C1=N/O.CN1CCCCC1. The van der Waals surface area contributed by atoms with Crippen LogP contribution in [0.15, 0.2) is 41.1 Å². The number of piperidine rings is 1. The lowest BCUT2D eigenvalue weighted by atomic mass is 9.89. The van der Waals surface area contributed by atoms with Gasteiger partial charge in [0.05, 0.1) is 5.71 Å². The first kappa shape index (κ1) is 43.7. The summed E-state index contributed by atoms with van der Waals surface area (Å²) in [6.45, 7) is 26.8. The molecule has 4 rings (SSSR count). The molecule has 0 aromatic rings. The molecule has 1 atom stereocenters. The maximum atomic E-state index is 8.45. The summed E-state index contributed by atoms with van der Waals surface area (Å²) in [6.07, 6.45) is 24.7. The molecule has 0 aromatic carbocycles. The molecule has 0 amide bonds. The second-order valence-corrected chi connectivity index (χ2v) is 9.39. The fourth-order valence-electron chi connectivity index (χ4n) is 4.14. The standard InChI is InChI=1S/C7H13NO.C7H12.C7H10.C6H13N.4C2H6/c1-6-4-2-3-5-7(6)8-9;3*1-7-5-3-2-4-6-7;4*1-2/h6,9H,2-5H2,1H3;1-6H2;2-3,5H,4,6H2,1H3;2-6H2,1H3;4*1-2H3/b8-7-;;;;;;;. The molecular formula is C35H72N2O. The molecular weight excluding hydrogens is 464 g/mol. The van der Waals surface area contributed by atoms with E-state index >= 15 is 0 Å². The molecule has 4 aliphatic rings. The van der Waals surface area contributed by atoms with Crippen molar-refractivity contribution in [1.82, 2.24) is 4.90 Å². The monoisotopic (exact) mass is 537 g/mol. The van der Waals surface area contributed by atoms with Crippen LogP contribution in [0.5, 0.6) is 0 Å². The van der Waals surface area contributed by atoms with E-state index in [2.05, 4.69) is 55.8 Å². The maximum Gasteiger partial charge on any atom is 0.0598 e. The Morgan fingerprint density at radius 2 is 1.26 bits per heavy atom. The number of hydrogen-bond donors (Lipinski definition) is 1. The third kappa shape index (κ3) is 30.9. The van der Waals surface area contributed by atoms with E-state index in [9.17, 15) is 0 Å². The van der Waals surface area contributed by atoms with Crippen LogP contribution in [0.1, 0.15) is 159 Å². The zero-order chi connectivity index (χ0) is 30.0. The topological polar surface area (TPSA) is 35.8 Å². The first-order valence-corrected chi connectivity index (χ1v) is 16.4. The smallest absolute Gasteiger partial charge is 0.0598 e. The Morgan fingerprint density at radius 3 is 1.53 bits per heavy atom. The van der Waals surface area contributed by atoms with E-state index in [0.717, 1.165) is 12.1 Å². The van der Waals surface area contributed by atoms with Crippen LogP contribution in [0.25, 0.3) is 0 Å². The molecule has 38 heavy (non-hydrogen) atoms. The lowest BCUT2D eigenvalue weighted by Crippen LogP contribution is -2.24. The lowest BCUT2D eigenvalue weighted by Gasteiger charge is -2.20. The van der Waals surface area contributed by atoms with Gasteiger partial charge in [-0.3, -0.25) is 0 Å². The minimum absolute atomic E-state index is 0.517. The van der Waals surface area contributed by atoms with E-state index in [1.54, 1.807) is 0 Å². The van der Waals surface area contributed by atoms with Crippen LogP contribution >= 0.6 is 0 Å². The van der Waals surface area contributed by atoms with Gasteiger partial charge in [-0.1, -0.05) is 123 Å². The Hall–Kier alpha value is -1.35. The minimum atomic E-state index is 0.517. The molecule has 0 bridgehead atoms. The summed E-state index contributed by atoms with van der Waals surface area (Å²) in [5.74, 6) is 0.517. The van der Waals surface area contributed by atoms with Crippen molar-refractivity contribution in [2.45, 2.75) is 159 Å². The summed E-state index contributed by atoms with van der Waals surface area (Å²) < 4.78 is 0. The van der Waals surface area contributed by atoms with Crippen LogP contribution in [0.3, 0.4) is 0 Å². The van der Waals surface area contributed by atoms with Crippen molar-refractivity contribution in [3.05, 3.63) is 36.0 Å². The average molecular weight is 537 g/mol. The predicted molar refractivity (Wildman–Crippen MR) is 178 cm³/mol. The van der Waals surface area contributed by atoms with E-state index < -0.39 is 0 Å². The van der Waals surface area contributed by atoms with Gasteiger partial charge < -0.3 is 10.1 Å². The van der Waals surface area contributed by atoms with Gasteiger partial charge in [0.15, 0.2) is 0 Å². The van der Waals surface area contributed by atoms with Gasteiger partial charge in [0.2, 0.25) is 0 Å². The van der Waals surface area contributed by atoms with Gasteiger partial charge in [-0.25, -0.2) is 0 Å². The Balaban J connectivity index is -0.000000187. The summed E-state index contributed by atoms with van der Waals surface area (Å²) in [7, 11) is 2.19. The molecule has 0 aromatic heterocycles. The van der Waals surface area contributed by atoms with Gasteiger partial charge in [-0.15, -0.1) is 0 Å². The number of oxime groups is 1. The molecule has 1 heterocycles. The quantitative estimate of drug-likeness (QED) is 0.190. The van der Waals surface area contributed by atoms with Crippen molar-refractivity contribution in [1.29, 1.82) is 0 Å². The van der Waals surface area contributed by atoms with Gasteiger partial charge in [0, 0.05) is 0 Å². The van der Waals surface area contributed by atoms with E-state index in [1.165, 1.54) is 108 Å². The number of rotatable bonds is 0. The fourth-order valence-corrected chi connectivity index (χ4v) is 4.14. The molecule has 1 N–H and O–H groups in total. The molecule has 3 fully saturated rings. The molecule has 1 unspecified atom stereocenters. The van der Waals surface area contributed by atoms with Crippen molar-refractivity contribution in [2.24, 2.45) is 11.1 Å². The van der Waals surface area contributed by atoms with Gasteiger partial charge in [-0.2, -0.15) is 0 Å². The third-order valence-corrected chi connectivity index (χ3v) is 6.38. The summed E-state index contributed by atoms with van der Waals surface area (Å²) in [6, 6.07) is 0. The lowest BCUT2D eigenvalue weighted by molar-refractivity contribution is 0.277. The van der Waals surface area contributed by atoms with Crippen molar-refractivity contribution in [2.75, 3.05) is 20.1 Å². The van der Waals surface area contributed by atoms with Crippen LogP contribution in [0.4, 0.5) is 0 Å². The van der Waals surface area contributed by atoms with Crippen molar-refractivity contribution >= 4 is 5.71 Å². The van der Waals surface area contributed by atoms with Crippen LogP contribution in [-0.2, 0) is 0 Å². The zero-order valence-electron chi connectivity index (χ0n) is 28.2. The summed E-state index contributed by atoms with van der Waals surface area (Å²) in [5.41, 5.74) is 3.95. The second kappa shape index (κ2) is 37.8. The van der Waals surface area contributed by atoms with E-state index in [-0.39, 0.29) is 0 Å². The maximum absolute atomic E-state index is 8.45. The Kier molecular flexibility index (Phi) is 43.5. The minimum Gasteiger partial charge on any atom is -0.411 e. The average Bonchev–Trinajstić information content (AvgIpc) is 3.00. The molecule has 3 heteroatoms. The summed E-state index contributed by atoms with van der Waals surface area (Å²) in [5, 5.41) is 11.7. The largest absolute Gasteiger partial charge is 0.411 e. The highest BCUT2D eigenvalue weighted by Gasteiger charge is 2.15. The summed E-state index contributed by atoms with van der Waals surface area (Å²) >= 11 is 0. The number of allylic oxidation sites excluding steroid dienone is 5. The highest BCUT2D eigenvalue weighted by Crippen LogP contribution is 2.21. The molecule has 228 valence electrons. The number of nitrogens with zero attached hydrogens (tertiary/aromatic N) is 2. The highest BCUT2D eigenvalue weighted by atomic mass is 16.4. The van der Waals surface area contributed by atoms with Crippen molar-refractivity contribution in [3.8, 4) is 0 Å². The molecule has 1 aliphatic heterocycles. The normalized spacial score (nSPS) is 20.8. The van der Waals surface area contributed by atoms with Crippen LogP contribution in [0.2, 0.25) is 0 Å². The number of hydrogen-bond acceptors (Lipinski definition) is 3. The number of likely N-dealkylation sites (tertiary alicyclic amines) is 1. The van der Waals surface area contributed by atoms with E-state index in [0.29, 0.717) is 5.92 Å². The molecule has 0 radical (unpaired) electrons. The second-order valence-electron chi connectivity index (χ2n) is 9.39. The first-order chi connectivity index (χ1) is 18.5. The predicted octanol–water partition coefficient (Wildman–Crippen LogP) is 12.0. The molecule has 2 saturated carbocycles. The van der Waals surface area contributed by atoms with E-state index in [1.807, 2.05) is 55.4 Å². The third-order valence-electron chi connectivity index (χ3n) is 6.38. The van der Waals surface area contributed by atoms with Crippen LogP contribution < -0.4 is 0 Å². The zero-order valence-corrected chi connectivity index (χ0v) is 28.2. The summed E-state index contributed by atoms with van der Waals surface area (Å²) in [4.78, 5) is 2.39. The van der Waals surface area contributed by atoms with Gasteiger partial charge in [0.25, 0.3) is 0 Å². The highest BCUT2D eigenvalue weighted by molar-refractivity contribution is 5.86. The Labute approximate surface area is 241 Å².